The fourth-order valence-electron chi connectivity index (χ4n) is 3.17. The van der Waals surface area contributed by atoms with Gasteiger partial charge in [-0.3, -0.25) is 0 Å². The molecule has 0 unspecified atom stereocenters. The average Bonchev–Trinajstić information content (AvgIpc) is 2.72. The molecule has 0 spiro atoms. The smallest absolute Gasteiger partial charge is 0.338 e. The van der Waals surface area contributed by atoms with Gasteiger partial charge in [0, 0.05) is 11.6 Å². The molecule has 3 aromatic rings. The Morgan fingerprint density at radius 3 is 2.10 bits per heavy atom. The zero-order chi connectivity index (χ0) is 20.8. The third-order valence-electron chi connectivity index (χ3n) is 4.85. The summed E-state index contributed by atoms with van der Waals surface area (Å²) in [5.41, 5.74) is 5.79. The van der Waals surface area contributed by atoms with Gasteiger partial charge in [-0.1, -0.05) is 48.0 Å². The summed E-state index contributed by atoms with van der Waals surface area (Å²) in [7, 11) is 1.39. The van der Waals surface area contributed by atoms with Crippen LogP contribution in [-0.2, 0) is 18.0 Å². The molecule has 0 bridgehead atoms. The van der Waals surface area contributed by atoms with Crippen LogP contribution in [0.5, 0.6) is 11.5 Å². The first kappa shape index (κ1) is 20.5. The molecule has 4 heteroatoms. The lowest BCUT2D eigenvalue weighted by molar-refractivity contribution is 0.0597. The molecule has 0 aromatic heterocycles. The molecule has 0 aliphatic rings. The van der Waals surface area contributed by atoms with Gasteiger partial charge in [-0.2, -0.15) is 0 Å². The fraction of sp³-hybridized carbons (Fsp3) is 0.240. The van der Waals surface area contributed by atoms with Crippen LogP contribution in [0, 0.1) is 20.8 Å². The zero-order valence-electron chi connectivity index (χ0n) is 17.3. The molecular formula is C25H26O4. The summed E-state index contributed by atoms with van der Waals surface area (Å²) in [6, 6.07) is 19.5. The maximum atomic E-state index is 12.1. The van der Waals surface area contributed by atoms with Gasteiger partial charge >= 0.3 is 5.97 Å². The molecular weight excluding hydrogens is 364 g/mol. The van der Waals surface area contributed by atoms with Crippen LogP contribution < -0.4 is 9.47 Å². The van der Waals surface area contributed by atoms with Crippen molar-refractivity contribution in [1.82, 2.24) is 0 Å². The monoisotopic (exact) mass is 390 g/mol. The van der Waals surface area contributed by atoms with E-state index in [0.29, 0.717) is 17.9 Å². The van der Waals surface area contributed by atoms with Crippen LogP contribution in [0.3, 0.4) is 0 Å². The van der Waals surface area contributed by atoms with Crippen molar-refractivity contribution in [1.29, 1.82) is 0 Å². The first-order valence-corrected chi connectivity index (χ1v) is 9.56. The van der Waals surface area contributed by atoms with Gasteiger partial charge in [-0.25, -0.2) is 4.79 Å². The Balaban J connectivity index is 1.69. The van der Waals surface area contributed by atoms with Crippen molar-refractivity contribution in [2.75, 3.05) is 7.11 Å². The lowest BCUT2D eigenvalue weighted by Gasteiger charge is -2.13. The van der Waals surface area contributed by atoms with Gasteiger partial charge in [0.15, 0.2) is 0 Å². The van der Waals surface area contributed by atoms with Crippen LogP contribution in [0.25, 0.3) is 0 Å². The van der Waals surface area contributed by atoms with E-state index in [-0.39, 0.29) is 12.6 Å². The SMILES string of the molecule is COC(=O)c1c(C)cccc1COc1cccc(OCc2cc(C)ccc2C)c1. The third-order valence-corrected chi connectivity index (χ3v) is 4.85. The highest BCUT2D eigenvalue weighted by Crippen LogP contribution is 2.23. The highest BCUT2D eigenvalue weighted by atomic mass is 16.5. The predicted molar refractivity (Wildman–Crippen MR) is 114 cm³/mol. The highest BCUT2D eigenvalue weighted by molar-refractivity contribution is 5.92. The number of esters is 1. The predicted octanol–water partition coefficient (Wildman–Crippen LogP) is 5.56. The van der Waals surface area contributed by atoms with E-state index in [9.17, 15) is 4.79 Å². The number of hydrogen-bond acceptors (Lipinski definition) is 4. The molecule has 150 valence electrons. The number of benzene rings is 3. The zero-order valence-corrected chi connectivity index (χ0v) is 17.3. The van der Waals surface area contributed by atoms with Gasteiger partial charge in [-0.15, -0.1) is 0 Å². The summed E-state index contributed by atoms with van der Waals surface area (Å²) >= 11 is 0. The van der Waals surface area contributed by atoms with Gasteiger partial charge < -0.3 is 14.2 Å². The minimum Gasteiger partial charge on any atom is -0.489 e. The molecule has 3 rings (SSSR count). The van der Waals surface area contributed by atoms with E-state index in [2.05, 4.69) is 32.0 Å². The molecule has 29 heavy (non-hydrogen) atoms. The van der Waals surface area contributed by atoms with E-state index in [0.717, 1.165) is 16.9 Å². The first-order valence-electron chi connectivity index (χ1n) is 9.56. The standard InChI is InChI=1S/C25H26O4/c1-17-11-12-18(2)21(13-17)16-29-23-10-6-9-22(14-23)28-15-20-8-5-7-19(3)24(20)25(26)27-4/h5-14H,15-16H2,1-4H3. The topological polar surface area (TPSA) is 44.8 Å². The van der Waals surface area contributed by atoms with Gasteiger partial charge in [0.25, 0.3) is 0 Å². The minimum absolute atomic E-state index is 0.270. The second-order valence-electron chi connectivity index (χ2n) is 7.08. The van der Waals surface area contributed by atoms with Crippen LogP contribution >= 0.6 is 0 Å². The molecule has 0 aliphatic heterocycles. The maximum Gasteiger partial charge on any atom is 0.338 e. The number of aryl methyl sites for hydroxylation is 3. The van der Waals surface area contributed by atoms with Crippen molar-refractivity contribution in [2.24, 2.45) is 0 Å². The quantitative estimate of drug-likeness (QED) is 0.496. The highest BCUT2D eigenvalue weighted by Gasteiger charge is 2.15. The Hall–Kier alpha value is -3.27. The molecule has 0 N–H and O–H groups in total. The Labute approximate surface area is 172 Å². The molecule has 0 atom stereocenters. The molecule has 0 saturated heterocycles. The summed E-state index contributed by atoms with van der Waals surface area (Å²) in [6.07, 6.45) is 0. The van der Waals surface area contributed by atoms with Gasteiger partial charge in [0.05, 0.1) is 12.7 Å². The van der Waals surface area contributed by atoms with E-state index in [4.69, 9.17) is 14.2 Å². The number of carbonyl (C=O) groups excluding carboxylic acids is 1. The third kappa shape index (κ3) is 5.17. The Kier molecular flexibility index (Phi) is 6.55. The van der Waals surface area contributed by atoms with Crippen molar-refractivity contribution in [3.8, 4) is 11.5 Å². The number of hydrogen-bond donors (Lipinski definition) is 0. The Bertz CT molecular complexity index is 1010. The summed E-state index contributed by atoms with van der Waals surface area (Å²) in [5.74, 6) is 1.06. The van der Waals surface area contributed by atoms with Crippen molar-refractivity contribution >= 4 is 5.97 Å². The normalized spacial score (nSPS) is 10.5. The van der Waals surface area contributed by atoms with Crippen molar-refractivity contribution in [3.05, 3.63) is 94.0 Å². The molecule has 4 nitrogen and oxygen atoms in total. The average molecular weight is 390 g/mol. The number of carbonyl (C=O) groups is 1. The van der Waals surface area contributed by atoms with Crippen LogP contribution in [0.4, 0.5) is 0 Å². The molecule has 0 fully saturated rings. The molecule has 0 heterocycles. The number of ether oxygens (including phenoxy) is 3. The lowest BCUT2D eigenvalue weighted by atomic mass is 10.0. The largest absolute Gasteiger partial charge is 0.489 e. The van der Waals surface area contributed by atoms with E-state index in [1.807, 2.05) is 49.4 Å². The van der Waals surface area contributed by atoms with Crippen molar-refractivity contribution < 1.29 is 19.0 Å². The van der Waals surface area contributed by atoms with E-state index in [1.54, 1.807) is 0 Å². The fourth-order valence-corrected chi connectivity index (χ4v) is 3.17. The van der Waals surface area contributed by atoms with Gasteiger partial charge in [0.1, 0.15) is 24.7 Å². The number of rotatable bonds is 7. The summed E-state index contributed by atoms with van der Waals surface area (Å²) < 4.78 is 16.8. The summed E-state index contributed by atoms with van der Waals surface area (Å²) in [4.78, 5) is 12.1. The summed E-state index contributed by atoms with van der Waals surface area (Å²) in [6.45, 7) is 6.81. The maximum absolute atomic E-state index is 12.1. The minimum atomic E-state index is -0.354. The van der Waals surface area contributed by atoms with Gasteiger partial charge in [-0.05, 0) is 49.6 Å². The first-order chi connectivity index (χ1) is 14.0. The van der Waals surface area contributed by atoms with Crippen molar-refractivity contribution in [3.63, 3.8) is 0 Å². The van der Waals surface area contributed by atoms with Crippen molar-refractivity contribution in [2.45, 2.75) is 34.0 Å². The number of methoxy groups -OCH3 is 1. The van der Waals surface area contributed by atoms with Gasteiger partial charge in [0.2, 0.25) is 0 Å². The van der Waals surface area contributed by atoms with Crippen LogP contribution in [0.15, 0.2) is 60.7 Å². The van der Waals surface area contributed by atoms with E-state index < -0.39 is 0 Å². The Morgan fingerprint density at radius 1 is 0.759 bits per heavy atom. The second-order valence-corrected chi connectivity index (χ2v) is 7.08. The molecule has 0 aliphatic carbocycles. The Morgan fingerprint density at radius 2 is 1.41 bits per heavy atom. The van der Waals surface area contributed by atoms with E-state index >= 15 is 0 Å². The van der Waals surface area contributed by atoms with E-state index in [1.165, 1.54) is 23.8 Å². The molecule has 0 amide bonds. The molecule has 0 saturated carbocycles. The molecule has 0 radical (unpaired) electrons. The summed E-state index contributed by atoms with van der Waals surface area (Å²) in [5, 5.41) is 0. The lowest BCUT2D eigenvalue weighted by Crippen LogP contribution is -2.10. The van der Waals surface area contributed by atoms with Crippen LogP contribution in [0.2, 0.25) is 0 Å². The second kappa shape index (κ2) is 9.28. The van der Waals surface area contributed by atoms with Crippen LogP contribution in [-0.4, -0.2) is 13.1 Å². The molecule has 3 aromatic carbocycles. The van der Waals surface area contributed by atoms with Crippen LogP contribution in [0.1, 0.15) is 38.2 Å².